The minimum Gasteiger partial charge on any atom is -0.469 e. The van der Waals surface area contributed by atoms with Crippen LogP contribution in [0.4, 0.5) is 0 Å². The number of esters is 1. The van der Waals surface area contributed by atoms with E-state index >= 15 is 0 Å². The third kappa shape index (κ3) is 4.27. The van der Waals surface area contributed by atoms with Gasteiger partial charge in [0.15, 0.2) is 6.19 Å². The van der Waals surface area contributed by atoms with Gasteiger partial charge < -0.3 is 19.7 Å². The van der Waals surface area contributed by atoms with Gasteiger partial charge in [-0.05, 0) is 49.1 Å². The zero-order chi connectivity index (χ0) is 26.2. The molecule has 2 aromatic heterocycles. The Labute approximate surface area is 221 Å². The van der Waals surface area contributed by atoms with Gasteiger partial charge in [0.2, 0.25) is 0 Å². The molecule has 4 aromatic rings. The average Bonchev–Trinajstić information content (AvgIpc) is 3.30. The second kappa shape index (κ2) is 10.1. The van der Waals surface area contributed by atoms with Gasteiger partial charge in [0, 0.05) is 41.4 Å². The summed E-state index contributed by atoms with van der Waals surface area (Å²) in [4.78, 5) is 18.2. The average molecular weight is 512 g/mol. The van der Waals surface area contributed by atoms with Gasteiger partial charge in [-0.1, -0.05) is 48.5 Å². The van der Waals surface area contributed by atoms with Crippen LogP contribution in [0.2, 0.25) is 0 Å². The number of rotatable bonds is 6. The number of nitrogens with one attached hydrogen (secondary N) is 2. The first kappa shape index (κ1) is 24.4. The number of fused-ring (bicyclic) bond motifs is 2. The number of hydrogen-bond acceptors (Lipinski definition) is 5. The molecule has 0 bridgehead atoms. The topological polar surface area (TPSA) is 110 Å². The third-order valence-electron chi connectivity index (χ3n) is 8.64. The summed E-state index contributed by atoms with van der Waals surface area (Å²) in [6.07, 6.45) is 6.64. The van der Waals surface area contributed by atoms with Crippen molar-refractivity contribution in [3.05, 3.63) is 72.1 Å². The van der Waals surface area contributed by atoms with E-state index in [-0.39, 0.29) is 23.8 Å². The molecule has 6 rings (SSSR count). The van der Waals surface area contributed by atoms with Gasteiger partial charge >= 0.3 is 5.97 Å². The Kier molecular flexibility index (Phi) is 6.46. The maximum Gasteiger partial charge on any atom is 0.311 e. The summed E-state index contributed by atoms with van der Waals surface area (Å²) >= 11 is 0. The van der Waals surface area contributed by atoms with Crippen molar-refractivity contribution in [2.75, 3.05) is 13.7 Å². The largest absolute Gasteiger partial charge is 0.469 e. The zero-order valence-corrected chi connectivity index (χ0v) is 21.5. The number of para-hydroxylation sites is 1. The Morgan fingerprint density at radius 1 is 1.16 bits per heavy atom. The maximum absolute atomic E-state index is 12.7. The highest BCUT2D eigenvalue weighted by Gasteiger charge is 2.49. The van der Waals surface area contributed by atoms with E-state index in [0.29, 0.717) is 19.4 Å². The van der Waals surface area contributed by atoms with Crippen molar-refractivity contribution in [3.63, 3.8) is 0 Å². The number of aliphatic hydroxyl groups excluding tert-OH is 1. The van der Waals surface area contributed by atoms with Crippen LogP contribution < -0.4 is 0 Å². The third-order valence-corrected chi connectivity index (χ3v) is 8.64. The van der Waals surface area contributed by atoms with E-state index in [1.54, 1.807) is 0 Å². The van der Waals surface area contributed by atoms with E-state index < -0.39 is 12.0 Å². The zero-order valence-electron chi connectivity index (χ0n) is 21.5. The molecule has 3 N–H and O–H groups in total. The Morgan fingerprint density at radius 2 is 1.92 bits per heavy atom. The normalized spacial score (nSPS) is 25.2. The lowest BCUT2D eigenvalue weighted by atomic mass is 9.65. The lowest BCUT2D eigenvalue weighted by Gasteiger charge is -2.47. The highest BCUT2D eigenvalue weighted by Crippen LogP contribution is 2.47. The molecule has 8 heteroatoms. The van der Waals surface area contributed by atoms with Crippen molar-refractivity contribution >= 4 is 16.9 Å². The molecule has 196 valence electrons. The fraction of sp³-hybridized carbons (Fsp3) is 0.400. The molecule has 1 aliphatic carbocycles. The van der Waals surface area contributed by atoms with Crippen LogP contribution in [-0.2, 0) is 22.5 Å². The van der Waals surface area contributed by atoms with Crippen molar-refractivity contribution in [1.29, 1.82) is 5.26 Å². The van der Waals surface area contributed by atoms with Crippen LogP contribution in [0.15, 0.2) is 60.8 Å². The highest BCUT2D eigenvalue weighted by atomic mass is 16.5. The predicted octanol–water partition coefficient (Wildman–Crippen LogP) is 4.61. The molecule has 3 heterocycles. The molecule has 5 atom stereocenters. The molecule has 0 amide bonds. The SMILES string of the molecule is COC(=O)[C@@H]1[C@H]2C[C@@H](c3[nH]c4ccccc4c3CCn3cc(-c4ccccc4)[nH]3)N(C#N)C[C@@H]2CC[C@@H]1O. The van der Waals surface area contributed by atoms with E-state index in [2.05, 4.69) is 51.4 Å². The van der Waals surface area contributed by atoms with Crippen molar-refractivity contribution in [3.8, 4) is 17.5 Å². The van der Waals surface area contributed by atoms with E-state index in [1.165, 1.54) is 12.7 Å². The number of piperidine rings is 1. The Morgan fingerprint density at radius 3 is 2.68 bits per heavy atom. The fourth-order valence-corrected chi connectivity index (χ4v) is 6.73. The minimum atomic E-state index is -0.705. The molecule has 1 saturated carbocycles. The molecule has 0 spiro atoms. The molecule has 1 saturated heterocycles. The first-order chi connectivity index (χ1) is 18.6. The van der Waals surface area contributed by atoms with Crippen LogP contribution >= 0.6 is 0 Å². The van der Waals surface area contributed by atoms with Gasteiger partial charge in [0.25, 0.3) is 0 Å². The smallest absolute Gasteiger partial charge is 0.311 e. The van der Waals surface area contributed by atoms with Gasteiger partial charge in [0.05, 0.1) is 30.9 Å². The molecular formula is C30H33N5O3. The van der Waals surface area contributed by atoms with E-state index in [9.17, 15) is 15.2 Å². The van der Waals surface area contributed by atoms with Gasteiger partial charge in [-0.15, -0.1) is 0 Å². The van der Waals surface area contributed by atoms with Crippen LogP contribution in [0.3, 0.4) is 0 Å². The number of nitriles is 1. The van der Waals surface area contributed by atoms with Gasteiger partial charge in [-0.2, -0.15) is 5.26 Å². The molecule has 1 aliphatic heterocycles. The van der Waals surface area contributed by atoms with E-state index in [0.717, 1.165) is 47.2 Å². The summed E-state index contributed by atoms with van der Waals surface area (Å²) in [5, 5.41) is 25.5. The van der Waals surface area contributed by atoms with Crippen molar-refractivity contribution in [1.82, 2.24) is 19.7 Å². The van der Waals surface area contributed by atoms with E-state index in [1.807, 2.05) is 35.2 Å². The van der Waals surface area contributed by atoms with E-state index in [4.69, 9.17) is 4.74 Å². The quantitative estimate of drug-likeness (QED) is 0.259. The number of aliphatic hydroxyl groups is 1. The van der Waals surface area contributed by atoms with Gasteiger partial charge in [-0.3, -0.25) is 14.6 Å². The number of likely N-dealkylation sites (tertiary alicyclic amines) is 1. The standard InChI is InChI=1S/C30H33N5O3/c1-38-30(37)28-23-15-26(34(18-31)16-20(23)11-12-27(28)36)29-22(21-9-5-6-10-24(21)32-29)13-14-35-17-25(33-35)19-7-3-2-4-8-19/h2-10,17,20,23,26-28,32-33,36H,11-16H2,1H3/t20-,23-,26-,27-,28+/m0/s1. The number of ether oxygens (including phenoxy) is 1. The number of carbonyl (C=O) groups is 1. The number of aromatic nitrogens is 3. The number of carbonyl (C=O) groups excluding carboxylic acids is 1. The molecule has 2 aromatic carbocycles. The Bertz CT molecular complexity index is 1450. The minimum absolute atomic E-state index is 0.0338. The van der Waals surface area contributed by atoms with Crippen molar-refractivity contribution < 1.29 is 14.6 Å². The summed E-state index contributed by atoms with van der Waals surface area (Å²) in [6.45, 7) is 1.36. The number of aryl methyl sites for hydroxylation is 2. The Balaban J connectivity index is 1.30. The predicted molar refractivity (Wildman–Crippen MR) is 144 cm³/mol. The van der Waals surface area contributed by atoms with Crippen LogP contribution in [-0.4, -0.2) is 50.5 Å². The summed E-state index contributed by atoms with van der Waals surface area (Å²) in [5.41, 5.74) is 5.53. The van der Waals surface area contributed by atoms with Crippen molar-refractivity contribution in [2.24, 2.45) is 17.8 Å². The molecule has 2 aliphatic rings. The number of hydrogen-bond donors (Lipinski definition) is 3. The van der Waals surface area contributed by atoms with Gasteiger partial charge in [-0.25, -0.2) is 0 Å². The first-order valence-corrected chi connectivity index (χ1v) is 13.4. The molecule has 0 unspecified atom stereocenters. The first-order valence-electron chi connectivity index (χ1n) is 13.4. The number of nitrogens with zero attached hydrogens (tertiary/aromatic N) is 3. The monoisotopic (exact) mass is 511 g/mol. The number of aromatic amines is 2. The van der Waals surface area contributed by atoms with Crippen LogP contribution in [0, 0.1) is 29.2 Å². The van der Waals surface area contributed by atoms with Crippen LogP contribution in [0.25, 0.3) is 22.2 Å². The molecule has 2 fully saturated rings. The maximum atomic E-state index is 12.7. The second-order valence-electron chi connectivity index (χ2n) is 10.6. The number of benzene rings is 2. The van der Waals surface area contributed by atoms with Crippen molar-refractivity contribution in [2.45, 2.75) is 44.4 Å². The summed E-state index contributed by atoms with van der Waals surface area (Å²) in [5.74, 6) is -0.758. The number of H-pyrrole nitrogens is 2. The van der Waals surface area contributed by atoms with Crippen LogP contribution in [0.1, 0.15) is 36.6 Å². The summed E-state index contributed by atoms with van der Waals surface area (Å²) in [7, 11) is 1.39. The molecule has 8 nitrogen and oxygen atoms in total. The molecule has 38 heavy (non-hydrogen) atoms. The lowest BCUT2D eigenvalue weighted by molar-refractivity contribution is -0.159. The lowest BCUT2D eigenvalue weighted by Crippen LogP contribution is -2.51. The Hall–Kier alpha value is -3.96. The molecular weight excluding hydrogens is 478 g/mol. The molecule has 0 radical (unpaired) electrons. The summed E-state index contributed by atoms with van der Waals surface area (Å²) in [6, 6.07) is 18.3. The number of methoxy groups -OCH3 is 1. The highest BCUT2D eigenvalue weighted by molar-refractivity contribution is 5.85. The second-order valence-corrected chi connectivity index (χ2v) is 10.6. The summed E-state index contributed by atoms with van der Waals surface area (Å²) < 4.78 is 7.19. The fourth-order valence-electron chi connectivity index (χ4n) is 6.73. The van der Waals surface area contributed by atoms with Gasteiger partial charge in [0.1, 0.15) is 0 Å². The van der Waals surface area contributed by atoms with Crippen LogP contribution in [0.5, 0.6) is 0 Å².